The first kappa shape index (κ1) is 11.1. The lowest BCUT2D eigenvalue weighted by Crippen LogP contribution is -2.19. The van der Waals surface area contributed by atoms with E-state index in [4.69, 9.17) is 4.74 Å². The predicted molar refractivity (Wildman–Crippen MR) is 58.6 cm³/mol. The zero-order valence-electron chi connectivity index (χ0n) is 8.83. The van der Waals surface area contributed by atoms with E-state index in [0.717, 1.165) is 11.3 Å². The van der Waals surface area contributed by atoms with Gasteiger partial charge in [-0.25, -0.2) is 0 Å². The van der Waals surface area contributed by atoms with Crippen LogP contribution in [0.3, 0.4) is 0 Å². The molecule has 0 atom stereocenters. The molecule has 1 N–H and O–H groups in total. The minimum absolute atomic E-state index is 0.0793. The summed E-state index contributed by atoms with van der Waals surface area (Å²) in [5.74, 6) is 6.44. The van der Waals surface area contributed by atoms with Crippen LogP contribution in [0.1, 0.15) is 12.5 Å². The van der Waals surface area contributed by atoms with Gasteiger partial charge in [0.2, 0.25) is 5.91 Å². The van der Waals surface area contributed by atoms with Crippen molar-refractivity contribution in [1.29, 1.82) is 0 Å². The lowest BCUT2D eigenvalue weighted by atomic mass is 10.2. The van der Waals surface area contributed by atoms with Crippen molar-refractivity contribution in [1.82, 2.24) is 5.32 Å². The second kappa shape index (κ2) is 5.71. The molecular formula is C12H13NO2. The summed E-state index contributed by atoms with van der Waals surface area (Å²) in [4.78, 5) is 10.6. The molecule has 3 heteroatoms. The Hall–Kier alpha value is -1.95. The third kappa shape index (κ3) is 3.74. The summed E-state index contributed by atoms with van der Waals surface area (Å²) in [6, 6.07) is 7.50. The Balaban J connectivity index is 2.66. The van der Waals surface area contributed by atoms with Crippen molar-refractivity contribution in [2.45, 2.75) is 6.92 Å². The number of hydrogen-bond acceptors (Lipinski definition) is 2. The molecule has 1 amide bonds. The Morgan fingerprint density at radius 2 is 2.20 bits per heavy atom. The summed E-state index contributed by atoms with van der Waals surface area (Å²) >= 11 is 0. The highest BCUT2D eigenvalue weighted by atomic mass is 16.5. The maximum absolute atomic E-state index is 10.6. The summed E-state index contributed by atoms with van der Waals surface area (Å²) in [5.41, 5.74) is 0.824. The van der Waals surface area contributed by atoms with Crippen LogP contribution in [0.15, 0.2) is 24.3 Å². The van der Waals surface area contributed by atoms with Crippen LogP contribution in [0.2, 0.25) is 0 Å². The van der Waals surface area contributed by atoms with Gasteiger partial charge in [-0.05, 0) is 12.1 Å². The Labute approximate surface area is 89.4 Å². The molecule has 0 aromatic heterocycles. The molecule has 0 aliphatic heterocycles. The van der Waals surface area contributed by atoms with Gasteiger partial charge in [-0.3, -0.25) is 4.79 Å². The molecule has 0 radical (unpaired) electrons. The summed E-state index contributed by atoms with van der Waals surface area (Å²) < 4.78 is 5.13. The van der Waals surface area contributed by atoms with E-state index in [1.54, 1.807) is 7.11 Å². The van der Waals surface area contributed by atoms with E-state index < -0.39 is 0 Å². The fraction of sp³-hybridized carbons (Fsp3) is 0.250. The Morgan fingerprint density at radius 1 is 1.47 bits per heavy atom. The first-order valence-electron chi connectivity index (χ1n) is 4.60. The molecule has 0 heterocycles. The van der Waals surface area contributed by atoms with Crippen molar-refractivity contribution in [3.05, 3.63) is 29.8 Å². The SMILES string of the molecule is COc1ccccc1C#CCNC(C)=O. The number of para-hydroxylation sites is 1. The molecule has 15 heavy (non-hydrogen) atoms. The molecule has 0 aliphatic rings. The molecule has 0 spiro atoms. The van der Waals surface area contributed by atoms with E-state index >= 15 is 0 Å². The molecule has 0 saturated heterocycles. The maximum Gasteiger partial charge on any atom is 0.217 e. The standard InChI is InChI=1S/C12H13NO2/c1-10(14)13-9-5-7-11-6-3-4-8-12(11)15-2/h3-4,6,8H,9H2,1-2H3,(H,13,14). The van der Waals surface area contributed by atoms with E-state index in [0.29, 0.717) is 6.54 Å². The highest BCUT2D eigenvalue weighted by molar-refractivity contribution is 5.73. The molecular weight excluding hydrogens is 190 g/mol. The highest BCUT2D eigenvalue weighted by Gasteiger charge is 1.95. The number of hydrogen-bond donors (Lipinski definition) is 1. The van der Waals surface area contributed by atoms with Crippen molar-refractivity contribution in [2.24, 2.45) is 0 Å². The average Bonchev–Trinajstić information content (AvgIpc) is 2.24. The second-order valence-corrected chi connectivity index (χ2v) is 2.91. The van der Waals surface area contributed by atoms with Crippen molar-refractivity contribution in [3.63, 3.8) is 0 Å². The summed E-state index contributed by atoms with van der Waals surface area (Å²) in [7, 11) is 1.61. The van der Waals surface area contributed by atoms with Crippen LogP contribution < -0.4 is 10.1 Å². The number of nitrogens with one attached hydrogen (secondary N) is 1. The van der Waals surface area contributed by atoms with E-state index in [1.807, 2.05) is 24.3 Å². The quantitative estimate of drug-likeness (QED) is 0.733. The third-order valence-electron chi connectivity index (χ3n) is 1.76. The van der Waals surface area contributed by atoms with Crippen LogP contribution in [0.5, 0.6) is 5.75 Å². The monoisotopic (exact) mass is 203 g/mol. The lowest BCUT2D eigenvalue weighted by Gasteiger charge is -2.00. The maximum atomic E-state index is 10.6. The number of rotatable bonds is 2. The summed E-state index contributed by atoms with van der Waals surface area (Å²) in [6.45, 7) is 1.82. The van der Waals surface area contributed by atoms with Crippen LogP contribution >= 0.6 is 0 Å². The highest BCUT2D eigenvalue weighted by Crippen LogP contribution is 2.15. The zero-order chi connectivity index (χ0) is 11.1. The molecule has 0 unspecified atom stereocenters. The van der Waals surface area contributed by atoms with Gasteiger partial charge in [-0.1, -0.05) is 24.0 Å². The van der Waals surface area contributed by atoms with Crippen LogP contribution in [-0.2, 0) is 4.79 Å². The number of carbonyl (C=O) groups excluding carboxylic acids is 1. The Bertz CT molecular complexity index is 402. The van der Waals surface area contributed by atoms with Gasteiger partial charge < -0.3 is 10.1 Å². The number of methoxy groups -OCH3 is 1. The van der Waals surface area contributed by atoms with Gasteiger partial charge >= 0.3 is 0 Å². The van der Waals surface area contributed by atoms with Gasteiger partial charge in [0, 0.05) is 6.92 Å². The van der Waals surface area contributed by atoms with Gasteiger partial charge in [0.15, 0.2) is 0 Å². The minimum atomic E-state index is -0.0793. The third-order valence-corrected chi connectivity index (χ3v) is 1.76. The van der Waals surface area contributed by atoms with E-state index in [9.17, 15) is 4.79 Å². The van der Waals surface area contributed by atoms with Gasteiger partial charge in [0.1, 0.15) is 5.75 Å². The van der Waals surface area contributed by atoms with Crippen LogP contribution in [-0.4, -0.2) is 19.6 Å². The van der Waals surface area contributed by atoms with E-state index in [-0.39, 0.29) is 5.91 Å². The van der Waals surface area contributed by atoms with Crippen LogP contribution in [0.4, 0.5) is 0 Å². The zero-order valence-corrected chi connectivity index (χ0v) is 8.83. The lowest BCUT2D eigenvalue weighted by molar-refractivity contribution is -0.118. The molecule has 0 bridgehead atoms. The van der Waals surface area contributed by atoms with Crippen LogP contribution in [0, 0.1) is 11.8 Å². The number of amides is 1. The molecule has 1 rings (SSSR count). The molecule has 78 valence electrons. The molecule has 1 aromatic rings. The average molecular weight is 203 g/mol. The number of benzene rings is 1. The Morgan fingerprint density at radius 3 is 2.87 bits per heavy atom. The topological polar surface area (TPSA) is 38.3 Å². The molecule has 3 nitrogen and oxygen atoms in total. The van der Waals surface area contributed by atoms with Crippen LogP contribution in [0.25, 0.3) is 0 Å². The van der Waals surface area contributed by atoms with Crippen molar-refractivity contribution >= 4 is 5.91 Å². The molecule has 0 saturated carbocycles. The first-order chi connectivity index (χ1) is 7.24. The second-order valence-electron chi connectivity index (χ2n) is 2.91. The predicted octanol–water partition coefficient (Wildman–Crippen LogP) is 1.18. The van der Waals surface area contributed by atoms with Gasteiger partial charge in [0.25, 0.3) is 0 Å². The van der Waals surface area contributed by atoms with Gasteiger partial charge in [0.05, 0.1) is 19.2 Å². The van der Waals surface area contributed by atoms with E-state index in [2.05, 4.69) is 17.2 Å². The molecule has 0 aliphatic carbocycles. The summed E-state index contributed by atoms with van der Waals surface area (Å²) in [6.07, 6.45) is 0. The van der Waals surface area contributed by atoms with Gasteiger partial charge in [-0.2, -0.15) is 0 Å². The largest absolute Gasteiger partial charge is 0.495 e. The molecule has 0 fully saturated rings. The fourth-order valence-corrected chi connectivity index (χ4v) is 1.06. The Kier molecular flexibility index (Phi) is 4.24. The smallest absolute Gasteiger partial charge is 0.217 e. The van der Waals surface area contributed by atoms with Crippen molar-refractivity contribution < 1.29 is 9.53 Å². The molecule has 1 aromatic carbocycles. The van der Waals surface area contributed by atoms with Crippen molar-refractivity contribution in [2.75, 3.05) is 13.7 Å². The summed E-state index contributed by atoms with van der Waals surface area (Å²) in [5, 5.41) is 2.60. The number of ether oxygens (including phenoxy) is 1. The van der Waals surface area contributed by atoms with Crippen molar-refractivity contribution in [3.8, 4) is 17.6 Å². The minimum Gasteiger partial charge on any atom is -0.495 e. The first-order valence-corrected chi connectivity index (χ1v) is 4.60. The fourth-order valence-electron chi connectivity index (χ4n) is 1.06. The number of carbonyl (C=O) groups is 1. The normalized spacial score (nSPS) is 8.67. The van der Waals surface area contributed by atoms with Gasteiger partial charge in [-0.15, -0.1) is 0 Å². The van der Waals surface area contributed by atoms with E-state index in [1.165, 1.54) is 6.92 Å².